The van der Waals surface area contributed by atoms with Gasteiger partial charge in [-0.25, -0.2) is 4.98 Å². The van der Waals surface area contributed by atoms with Gasteiger partial charge in [0.15, 0.2) is 0 Å². The van der Waals surface area contributed by atoms with Crippen molar-refractivity contribution in [2.75, 3.05) is 36.9 Å². The molecule has 0 aromatic carbocycles. The Kier molecular flexibility index (Phi) is 3.19. The van der Waals surface area contributed by atoms with E-state index < -0.39 is 0 Å². The highest BCUT2D eigenvalue weighted by atomic mass is 16.5. The highest BCUT2D eigenvalue weighted by Gasteiger charge is 2.20. The summed E-state index contributed by atoms with van der Waals surface area (Å²) >= 11 is 0. The molecule has 1 aliphatic heterocycles. The smallest absolute Gasteiger partial charge is 0.222 e. The van der Waals surface area contributed by atoms with Gasteiger partial charge < -0.3 is 15.4 Å². The number of hydrogen-bond donors (Lipinski definition) is 1. The van der Waals surface area contributed by atoms with Crippen molar-refractivity contribution < 1.29 is 4.74 Å². The maximum absolute atomic E-state index is 5.78. The standard InChI is InChI=1S/C12H20N4O/c1-12(2,3)9-8-10(15-11(13)14-9)16-4-6-17-7-5-16/h8H,4-7H2,1-3H3,(H2,13,14,15). The van der Waals surface area contributed by atoms with Crippen LogP contribution in [0.25, 0.3) is 0 Å². The van der Waals surface area contributed by atoms with Crippen molar-refractivity contribution in [3.05, 3.63) is 11.8 Å². The maximum Gasteiger partial charge on any atom is 0.222 e. The molecular weight excluding hydrogens is 216 g/mol. The van der Waals surface area contributed by atoms with Crippen molar-refractivity contribution in [2.24, 2.45) is 0 Å². The Labute approximate surface area is 102 Å². The van der Waals surface area contributed by atoms with E-state index in [9.17, 15) is 0 Å². The Morgan fingerprint density at radius 2 is 1.88 bits per heavy atom. The first-order valence-corrected chi connectivity index (χ1v) is 5.94. The number of rotatable bonds is 1. The van der Waals surface area contributed by atoms with Gasteiger partial charge in [-0.1, -0.05) is 20.8 Å². The monoisotopic (exact) mass is 236 g/mol. The van der Waals surface area contributed by atoms with Gasteiger partial charge >= 0.3 is 0 Å². The van der Waals surface area contributed by atoms with Gasteiger partial charge in [-0.15, -0.1) is 0 Å². The van der Waals surface area contributed by atoms with Crippen LogP contribution in [0.3, 0.4) is 0 Å². The molecule has 1 saturated heterocycles. The van der Waals surface area contributed by atoms with Crippen LogP contribution in [0.15, 0.2) is 6.07 Å². The van der Waals surface area contributed by atoms with Gasteiger partial charge in [0.1, 0.15) is 5.82 Å². The number of aromatic nitrogens is 2. The minimum Gasteiger partial charge on any atom is -0.378 e. The molecule has 2 N–H and O–H groups in total. The van der Waals surface area contributed by atoms with Crippen molar-refractivity contribution in [2.45, 2.75) is 26.2 Å². The van der Waals surface area contributed by atoms with Crippen molar-refractivity contribution in [3.63, 3.8) is 0 Å². The van der Waals surface area contributed by atoms with Gasteiger partial charge in [0, 0.05) is 24.6 Å². The number of nitrogen functional groups attached to an aromatic ring is 1. The van der Waals surface area contributed by atoms with E-state index in [2.05, 4.69) is 35.6 Å². The molecule has 5 nitrogen and oxygen atoms in total. The third kappa shape index (κ3) is 2.85. The molecule has 0 bridgehead atoms. The summed E-state index contributed by atoms with van der Waals surface area (Å²) in [5.74, 6) is 1.25. The molecule has 2 rings (SSSR count). The third-order valence-electron chi connectivity index (χ3n) is 2.83. The molecule has 94 valence electrons. The number of nitrogens with zero attached hydrogens (tertiary/aromatic N) is 3. The summed E-state index contributed by atoms with van der Waals surface area (Å²) in [7, 11) is 0. The second-order valence-electron chi connectivity index (χ2n) is 5.32. The second-order valence-corrected chi connectivity index (χ2v) is 5.32. The Morgan fingerprint density at radius 1 is 1.24 bits per heavy atom. The van der Waals surface area contributed by atoms with Crippen LogP contribution >= 0.6 is 0 Å². The van der Waals surface area contributed by atoms with Crippen molar-refractivity contribution in [1.82, 2.24) is 9.97 Å². The lowest BCUT2D eigenvalue weighted by Crippen LogP contribution is -2.37. The van der Waals surface area contributed by atoms with Crippen molar-refractivity contribution >= 4 is 11.8 Å². The Bertz CT molecular complexity index is 394. The zero-order valence-corrected chi connectivity index (χ0v) is 10.7. The molecule has 5 heteroatoms. The van der Waals surface area contributed by atoms with Crippen LogP contribution in [0.4, 0.5) is 11.8 Å². The lowest BCUT2D eigenvalue weighted by molar-refractivity contribution is 0.122. The number of ether oxygens (including phenoxy) is 1. The molecule has 0 spiro atoms. The molecular formula is C12H20N4O. The Hall–Kier alpha value is -1.36. The molecule has 0 amide bonds. The van der Waals surface area contributed by atoms with Crippen LogP contribution in [-0.2, 0) is 10.2 Å². The topological polar surface area (TPSA) is 64.3 Å². The number of nitrogens with two attached hydrogens (primary N) is 1. The summed E-state index contributed by atoms with van der Waals surface area (Å²) in [5, 5.41) is 0. The van der Waals surface area contributed by atoms with Crippen LogP contribution in [0, 0.1) is 0 Å². The molecule has 0 saturated carbocycles. The predicted molar refractivity (Wildman–Crippen MR) is 68.2 cm³/mol. The zero-order valence-electron chi connectivity index (χ0n) is 10.7. The molecule has 17 heavy (non-hydrogen) atoms. The quantitative estimate of drug-likeness (QED) is 0.793. The fourth-order valence-corrected chi connectivity index (χ4v) is 1.79. The molecule has 0 atom stereocenters. The maximum atomic E-state index is 5.78. The Morgan fingerprint density at radius 3 is 2.47 bits per heavy atom. The molecule has 2 heterocycles. The minimum absolute atomic E-state index is 0.0158. The average molecular weight is 236 g/mol. The fraction of sp³-hybridized carbons (Fsp3) is 0.667. The van der Waals surface area contributed by atoms with Gasteiger partial charge in [-0.3, -0.25) is 0 Å². The van der Waals surface area contributed by atoms with Crippen molar-refractivity contribution in [1.29, 1.82) is 0 Å². The van der Waals surface area contributed by atoms with E-state index in [-0.39, 0.29) is 5.41 Å². The number of hydrogen-bond acceptors (Lipinski definition) is 5. The highest BCUT2D eigenvalue weighted by molar-refractivity contribution is 5.45. The summed E-state index contributed by atoms with van der Waals surface area (Å²) in [6.45, 7) is 9.58. The molecule has 1 aromatic heterocycles. The average Bonchev–Trinajstić information content (AvgIpc) is 2.28. The summed E-state index contributed by atoms with van der Waals surface area (Å²) in [5.41, 5.74) is 6.75. The first-order valence-electron chi connectivity index (χ1n) is 5.94. The SMILES string of the molecule is CC(C)(C)c1cc(N2CCOCC2)nc(N)n1. The summed E-state index contributed by atoms with van der Waals surface area (Å²) in [6.07, 6.45) is 0. The molecule has 1 aromatic rings. The first kappa shape index (κ1) is 12.1. The number of morpholine rings is 1. The predicted octanol–water partition coefficient (Wildman–Crippen LogP) is 1.19. The Balaban J connectivity index is 2.31. The van der Waals surface area contributed by atoms with E-state index in [4.69, 9.17) is 10.5 Å². The first-order chi connectivity index (χ1) is 7.97. The lowest BCUT2D eigenvalue weighted by atomic mass is 9.92. The van der Waals surface area contributed by atoms with E-state index in [1.54, 1.807) is 0 Å². The van der Waals surface area contributed by atoms with E-state index in [1.807, 2.05) is 6.07 Å². The molecule has 0 aliphatic carbocycles. The normalized spacial score (nSPS) is 17.2. The minimum atomic E-state index is -0.0158. The summed E-state index contributed by atoms with van der Waals surface area (Å²) < 4.78 is 5.33. The van der Waals surface area contributed by atoms with Gasteiger partial charge in [0.25, 0.3) is 0 Å². The molecule has 0 unspecified atom stereocenters. The summed E-state index contributed by atoms with van der Waals surface area (Å²) in [6, 6.07) is 2.03. The van der Waals surface area contributed by atoms with Crippen LogP contribution in [0.1, 0.15) is 26.5 Å². The van der Waals surface area contributed by atoms with Gasteiger partial charge in [0.2, 0.25) is 5.95 Å². The zero-order chi connectivity index (χ0) is 12.5. The van der Waals surface area contributed by atoms with E-state index >= 15 is 0 Å². The lowest BCUT2D eigenvalue weighted by Gasteiger charge is -2.29. The van der Waals surface area contributed by atoms with E-state index in [0.29, 0.717) is 5.95 Å². The van der Waals surface area contributed by atoms with Crippen LogP contribution in [0.2, 0.25) is 0 Å². The van der Waals surface area contributed by atoms with Crippen LogP contribution < -0.4 is 10.6 Å². The summed E-state index contributed by atoms with van der Waals surface area (Å²) in [4.78, 5) is 10.8. The molecule has 1 fully saturated rings. The molecule has 1 aliphatic rings. The van der Waals surface area contributed by atoms with E-state index in [1.165, 1.54) is 0 Å². The van der Waals surface area contributed by atoms with Crippen molar-refractivity contribution in [3.8, 4) is 0 Å². The third-order valence-corrected chi connectivity index (χ3v) is 2.83. The number of anilines is 2. The van der Waals surface area contributed by atoms with E-state index in [0.717, 1.165) is 37.8 Å². The molecule has 0 radical (unpaired) electrons. The van der Waals surface area contributed by atoms with Crippen LogP contribution in [0.5, 0.6) is 0 Å². The van der Waals surface area contributed by atoms with Gasteiger partial charge in [-0.05, 0) is 0 Å². The second kappa shape index (κ2) is 4.49. The largest absolute Gasteiger partial charge is 0.378 e. The van der Waals surface area contributed by atoms with Gasteiger partial charge in [0.05, 0.1) is 18.9 Å². The fourth-order valence-electron chi connectivity index (χ4n) is 1.79. The van der Waals surface area contributed by atoms with Gasteiger partial charge in [-0.2, -0.15) is 4.98 Å². The van der Waals surface area contributed by atoms with Crippen LogP contribution in [-0.4, -0.2) is 36.3 Å². The highest BCUT2D eigenvalue weighted by Crippen LogP contribution is 2.24.